The molecule has 3 heterocycles. The Hall–Kier alpha value is -2.73. The standard InChI is InChI=1S/C19H17N3O2S/c1-12-15-17(23)20-11-21-18(15)25-16(12)19(24)22-9-7-14(8-10-22)13-5-3-2-4-6-13/h2-7,11H,8-10H2,1H3,(H,20,21,23). The highest BCUT2D eigenvalue weighted by Gasteiger charge is 2.24. The summed E-state index contributed by atoms with van der Waals surface area (Å²) < 4.78 is 0. The molecule has 1 N–H and O–H groups in total. The highest BCUT2D eigenvalue weighted by atomic mass is 32.1. The van der Waals surface area contributed by atoms with E-state index < -0.39 is 0 Å². The van der Waals surface area contributed by atoms with Crippen LogP contribution in [0.1, 0.15) is 27.2 Å². The van der Waals surface area contributed by atoms with Gasteiger partial charge in [0.2, 0.25) is 0 Å². The van der Waals surface area contributed by atoms with Crippen LogP contribution in [0.4, 0.5) is 0 Å². The molecule has 0 aliphatic carbocycles. The number of benzene rings is 1. The van der Waals surface area contributed by atoms with E-state index in [4.69, 9.17) is 0 Å². The summed E-state index contributed by atoms with van der Waals surface area (Å²) in [5, 5.41) is 0.522. The van der Waals surface area contributed by atoms with Crippen molar-refractivity contribution in [1.29, 1.82) is 0 Å². The second-order valence-electron chi connectivity index (χ2n) is 6.06. The van der Waals surface area contributed by atoms with Gasteiger partial charge in [-0.1, -0.05) is 36.4 Å². The fraction of sp³-hybridized carbons (Fsp3) is 0.211. The number of aromatic nitrogens is 2. The van der Waals surface area contributed by atoms with Crippen molar-refractivity contribution in [2.24, 2.45) is 0 Å². The molecule has 2 aromatic heterocycles. The number of carbonyl (C=O) groups is 1. The zero-order valence-electron chi connectivity index (χ0n) is 13.8. The molecule has 0 saturated heterocycles. The maximum atomic E-state index is 12.9. The predicted octanol–water partition coefficient (Wildman–Crippen LogP) is 3.22. The molecule has 25 heavy (non-hydrogen) atoms. The Bertz CT molecular complexity index is 1030. The minimum absolute atomic E-state index is 0.0248. The number of fused-ring (bicyclic) bond motifs is 1. The molecule has 126 valence electrons. The van der Waals surface area contributed by atoms with Crippen LogP contribution in [0.15, 0.2) is 47.5 Å². The van der Waals surface area contributed by atoms with E-state index in [9.17, 15) is 9.59 Å². The minimum Gasteiger partial charge on any atom is -0.334 e. The third-order valence-corrected chi connectivity index (χ3v) is 5.76. The van der Waals surface area contributed by atoms with Crippen LogP contribution in [0, 0.1) is 6.92 Å². The summed E-state index contributed by atoms with van der Waals surface area (Å²) in [6, 6.07) is 10.2. The number of thiophene rings is 1. The van der Waals surface area contributed by atoms with Crippen LogP contribution < -0.4 is 5.56 Å². The second kappa shape index (κ2) is 6.29. The molecule has 0 atom stereocenters. The maximum absolute atomic E-state index is 12.9. The monoisotopic (exact) mass is 351 g/mol. The lowest BCUT2D eigenvalue weighted by atomic mass is 9.99. The molecule has 1 aliphatic heterocycles. The van der Waals surface area contributed by atoms with Gasteiger partial charge in [-0.3, -0.25) is 9.59 Å². The van der Waals surface area contributed by atoms with Crippen LogP contribution in [0.25, 0.3) is 15.8 Å². The van der Waals surface area contributed by atoms with Gasteiger partial charge in [0.25, 0.3) is 11.5 Å². The number of H-pyrrole nitrogens is 1. The van der Waals surface area contributed by atoms with Crippen molar-refractivity contribution in [2.45, 2.75) is 13.3 Å². The van der Waals surface area contributed by atoms with Crippen molar-refractivity contribution in [3.8, 4) is 0 Å². The van der Waals surface area contributed by atoms with Crippen molar-refractivity contribution in [1.82, 2.24) is 14.9 Å². The zero-order valence-corrected chi connectivity index (χ0v) is 14.6. The highest BCUT2D eigenvalue weighted by Crippen LogP contribution is 2.29. The van der Waals surface area contributed by atoms with E-state index in [0.717, 1.165) is 12.0 Å². The van der Waals surface area contributed by atoms with E-state index in [1.165, 1.54) is 28.8 Å². The largest absolute Gasteiger partial charge is 0.334 e. The van der Waals surface area contributed by atoms with Gasteiger partial charge in [0, 0.05) is 13.1 Å². The fourth-order valence-corrected chi connectivity index (χ4v) is 4.31. The molecular formula is C19H17N3O2S. The number of aromatic amines is 1. The number of nitrogens with one attached hydrogen (secondary N) is 1. The number of hydrogen-bond acceptors (Lipinski definition) is 4. The molecular weight excluding hydrogens is 334 g/mol. The Morgan fingerprint density at radius 3 is 2.76 bits per heavy atom. The normalized spacial score (nSPS) is 14.6. The topological polar surface area (TPSA) is 66.1 Å². The summed E-state index contributed by atoms with van der Waals surface area (Å²) in [5.74, 6) is -0.0248. The lowest BCUT2D eigenvalue weighted by molar-refractivity contribution is 0.0777. The van der Waals surface area contributed by atoms with Gasteiger partial charge in [-0.25, -0.2) is 4.98 Å². The quantitative estimate of drug-likeness (QED) is 0.771. The van der Waals surface area contributed by atoms with Crippen molar-refractivity contribution < 1.29 is 4.79 Å². The second-order valence-corrected chi connectivity index (χ2v) is 7.06. The first-order valence-electron chi connectivity index (χ1n) is 8.15. The van der Waals surface area contributed by atoms with Crippen LogP contribution in [0.3, 0.4) is 0 Å². The van der Waals surface area contributed by atoms with E-state index in [1.54, 1.807) is 0 Å². The van der Waals surface area contributed by atoms with E-state index in [1.807, 2.05) is 30.0 Å². The number of hydrogen-bond donors (Lipinski definition) is 1. The Kier molecular flexibility index (Phi) is 3.97. The molecule has 1 aliphatic rings. The first-order valence-corrected chi connectivity index (χ1v) is 8.97. The molecule has 0 radical (unpaired) electrons. The van der Waals surface area contributed by atoms with E-state index >= 15 is 0 Å². The number of amides is 1. The first kappa shape index (κ1) is 15.8. The number of aryl methyl sites for hydroxylation is 1. The number of carbonyl (C=O) groups excluding carboxylic acids is 1. The summed E-state index contributed by atoms with van der Waals surface area (Å²) in [4.78, 5) is 34.7. The summed E-state index contributed by atoms with van der Waals surface area (Å²) >= 11 is 1.29. The van der Waals surface area contributed by atoms with E-state index in [0.29, 0.717) is 28.2 Å². The molecule has 1 amide bonds. The van der Waals surface area contributed by atoms with Gasteiger partial charge < -0.3 is 9.88 Å². The smallest absolute Gasteiger partial charge is 0.264 e. The predicted molar refractivity (Wildman–Crippen MR) is 99.9 cm³/mol. The number of nitrogens with zero attached hydrogens (tertiary/aromatic N) is 2. The molecule has 4 rings (SSSR count). The van der Waals surface area contributed by atoms with Crippen LogP contribution in [-0.2, 0) is 0 Å². The highest BCUT2D eigenvalue weighted by molar-refractivity contribution is 7.20. The Morgan fingerprint density at radius 2 is 2.08 bits per heavy atom. The van der Waals surface area contributed by atoms with Crippen molar-refractivity contribution in [2.75, 3.05) is 13.1 Å². The zero-order chi connectivity index (χ0) is 17.4. The third kappa shape index (κ3) is 2.78. The Morgan fingerprint density at radius 1 is 1.28 bits per heavy atom. The van der Waals surface area contributed by atoms with Crippen molar-refractivity contribution in [3.63, 3.8) is 0 Å². The summed E-state index contributed by atoms with van der Waals surface area (Å²) in [5.41, 5.74) is 3.01. The summed E-state index contributed by atoms with van der Waals surface area (Å²) in [6.45, 7) is 3.08. The summed E-state index contributed by atoms with van der Waals surface area (Å²) in [7, 11) is 0. The molecule has 0 spiro atoms. The first-order chi connectivity index (χ1) is 12.1. The van der Waals surface area contributed by atoms with Crippen LogP contribution in [0.5, 0.6) is 0 Å². The van der Waals surface area contributed by atoms with E-state index in [-0.39, 0.29) is 11.5 Å². The van der Waals surface area contributed by atoms with Gasteiger partial charge in [-0.2, -0.15) is 0 Å². The average molecular weight is 351 g/mol. The average Bonchev–Trinajstić information content (AvgIpc) is 3.00. The molecule has 0 unspecified atom stereocenters. The minimum atomic E-state index is -0.192. The SMILES string of the molecule is Cc1c(C(=O)N2CC=C(c3ccccc3)CC2)sc2nc[nH]c(=O)c12. The molecule has 5 nitrogen and oxygen atoms in total. The van der Waals surface area contributed by atoms with Gasteiger partial charge in [0.05, 0.1) is 16.6 Å². The van der Waals surface area contributed by atoms with Gasteiger partial charge in [0.1, 0.15) is 4.83 Å². The van der Waals surface area contributed by atoms with Crippen LogP contribution in [-0.4, -0.2) is 33.9 Å². The fourth-order valence-electron chi connectivity index (χ4n) is 3.19. The maximum Gasteiger partial charge on any atom is 0.264 e. The molecule has 0 fully saturated rings. The van der Waals surface area contributed by atoms with Crippen molar-refractivity contribution >= 4 is 33.0 Å². The van der Waals surface area contributed by atoms with Gasteiger partial charge >= 0.3 is 0 Å². The molecule has 6 heteroatoms. The molecule has 0 saturated carbocycles. The molecule has 1 aromatic carbocycles. The lowest BCUT2D eigenvalue weighted by Crippen LogP contribution is -2.34. The molecule has 3 aromatic rings. The Balaban J connectivity index is 1.61. The lowest BCUT2D eigenvalue weighted by Gasteiger charge is -2.26. The molecule has 0 bridgehead atoms. The van der Waals surface area contributed by atoms with Gasteiger partial charge in [-0.15, -0.1) is 11.3 Å². The van der Waals surface area contributed by atoms with Gasteiger partial charge in [-0.05, 0) is 30.0 Å². The van der Waals surface area contributed by atoms with Gasteiger partial charge in [0.15, 0.2) is 0 Å². The van der Waals surface area contributed by atoms with Crippen LogP contribution >= 0.6 is 11.3 Å². The number of rotatable bonds is 2. The summed E-state index contributed by atoms with van der Waals surface area (Å²) in [6.07, 6.45) is 4.33. The van der Waals surface area contributed by atoms with Crippen LogP contribution in [0.2, 0.25) is 0 Å². The Labute approximate surface area is 148 Å². The van der Waals surface area contributed by atoms with Crippen molar-refractivity contribution in [3.05, 3.63) is 69.1 Å². The third-order valence-electron chi connectivity index (χ3n) is 4.57. The van der Waals surface area contributed by atoms with E-state index in [2.05, 4.69) is 28.2 Å².